The van der Waals surface area contributed by atoms with E-state index in [1.54, 1.807) is 24.3 Å². The monoisotopic (exact) mass is 293 g/mol. The van der Waals surface area contributed by atoms with Gasteiger partial charge in [0, 0.05) is 10.9 Å². The largest absolute Gasteiger partial charge is 0.421 e. The van der Waals surface area contributed by atoms with E-state index in [0.29, 0.717) is 11.1 Å². The highest BCUT2D eigenvalue weighted by atomic mass is 16.4. The van der Waals surface area contributed by atoms with E-state index < -0.39 is 5.63 Å². The van der Waals surface area contributed by atoms with Gasteiger partial charge in [0.05, 0.1) is 0 Å². The molecule has 0 spiro atoms. The lowest BCUT2D eigenvalue weighted by atomic mass is 10.1. The average molecular weight is 293 g/mol. The molecule has 4 heteroatoms. The molecule has 0 saturated carbocycles. The quantitative estimate of drug-likeness (QED) is 0.733. The molecule has 0 aliphatic heterocycles. The van der Waals surface area contributed by atoms with Gasteiger partial charge in [0.2, 0.25) is 0 Å². The molecule has 0 aliphatic rings. The zero-order valence-corrected chi connectivity index (χ0v) is 12.3. The van der Waals surface area contributed by atoms with Gasteiger partial charge in [-0.2, -0.15) is 0 Å². The summed E-state index contributed by atoms with van der Waals surface area (Å²) in [5, 5.41) is 3.39. The van der Waals surface area contributed by atoms with Crippen LogP contribution in [-0.4, -0.2) is 5.91 Å². The summed E-state index contributed by atoms with van der Waals surface area (Å²) < 4.78 is 5.23. The molecule has 110 valence electrons. The highest BCUT2D eigenvalue weighted by molar-refractivity contribution is 6.04. The fourth-order valence-electron chi connectivity index (χ4n) is 2.23. The lowest BCUT2D eigenvalue weighted by molar-refractivity contribution is 0.102. The van der Waals surface area contributed by atoms with Crippen molar-refractivity contribution in [1.29, 1.82) is 0 Å². The number of hydrogen-bond donors (Lipinski definition) is 1. The van der Waals surface area contributed by atoms with Gasteiger partial charge in [0.25, 0.3) is 5.91 Å². The molecule has 22 heavy (non-hydrogen) atoms. The van der Waals surface area contributed by atoms with E-state index in [0.717, 1.165) is 16.5 Å². The molecule has 1 N–H and O–H groups in total. The zero-order valence-electron chi connectivity index (χ0n) is 12.3. The maximum absolute atomic E-state index is 12.2. The summed E-state index contributed by atoms with van der Waals surface area (Å²) in [6.07, 6.45) is 0. The molecule has 1 amide bonds. The molecule has 0 aliphatic carbocycles. The first-order chi connectivity index (χ1) is 10.5. The average Bonchev–Trinajstić information content (AvgIpc) is 2.49. The summed E-state index contributed by atoms with van der Waals surface area (Å²) in [7, 11) is 0. The normalized spacial score (nSPS) is 10.6. The number of anilines is 1. The second-order valence-electron chi connectivity index (χ2n) is 5.31. The number of aryl methyl sites for hydroxylation is 2. The summed E-state index contributed by atoms with van der Waals surface area (Å²) in [5.74, 6) is -0.334. The van der Waals surface area contributed by atoms with Gasteiger partial charge in [0.1, 0.15) is 11.3 Å². The molecule has 2 aromatic carbocycles. The summed E-state index contributed by atoms with van der Waals surface area (Å²) in [6, 6.07) is 14.3. The van der Waals surface area contributed by atoms with Crippen LogP contribution in [-0.2, 0) is 0 Å². The van der Waals surface area contributed by atoms with E-state index in [-0.39, 0.29) is 11.6 Å². The maximum atomic E-state index is 12.2. The highest BCUT2D eigenvalue weighted by Crippen LogP contribution is 2.18. The lowest BCUT2D eigenvalue weighted by Gasteiger charge is -2.06. The Morgan fingerprint density at radius 3 is 2.36 bits per heavy atom. The second-order valence-corrected chi connectivity index (χ2v) is 5.31. The van der Waals surface area contributed by atoms with Crippen molar-refractivity contribution in [3.8, 4) is 0 Å². The standard InChI is InChI=1S/C18H15NO3/c1-11-3-6-13(7-4-11)17(20)19-15-10-14-9-12(2)5-8-16(14)22-18(15)21/h3-10H,1-2H3,(H,19,20). The highest BCUT2D eigenvalue weighted by Gasteiger charge is 2.11. The van der Waals surface area contributed by atoms with Crippen LogP contribution >= 0.6 is 0 Å². The molecule has 3 aromatic rings. The number of nitrogens with one attached hydrogen (secondary N) is 1. The Morgan fingerprint density at radius 2 is 1.64 bits per heavy atom. The topological polar surface area (TPSA) is 59.3 Å². The Balaban J connectivity index is 1.96. The van der Waals surface area contributed by atoms with E-state index in [1.165, 1.54) is 0 Å². The molecule has 1 aromatic heterocycles. The summed E-state index contributed by atoms with van der Waals surface area (Å²) in [4.78, 5) is 24.1. The van der Waals surface area contributed by atoms with Crippen LogP contribution in [0.2, 0.25) is 0 Å². The summed E-state index contributed by atoms with van der Waals surface area (Å²) in [5.41, 5.74) is 2.70. The van der Waals surface area contributed by atoms with Crippen molar-refractivity contribution >= 4 is 22.6 Å². The van der Waals surface area contributed by atoms with Crippen molar-refractivity contribution in [2.45, 2.75) is 13.8 Å². The van der Waals surface area contributed by atoms with E-state index in [9.17, 15) is 9.59 Å². The van der Waals surface area contributed by atoms with E-state index >= 15 is 0 Å². The van der Waals surface area contributed by atoms with Crippen LogP contribution < -0.4 is 10.9 Å². The number of benzene rings is 2. The first-order valence-corrected chi connectivity index (χ1v) is 6.95. The molecule has 0 unspecified atom stereocenters. The number of carbonyl (C=O) groups excluding carboxylic acids is 1. The van der Waals surface area contributed by atoms with Crippen LogP contribution in [0.15, 0.2) is 57.7 Å². The zero-order chi connectivity index (χ0) is 15.7. The fraction of sp³-hybridized carbons (Fsp3) is 0.111. The van der Waals surface area contributed by atoms with Crippen LogP contribution in [0.1, 0.15) is 21.5 Å². The maximum Gasteiger partial charge on any atom is 0.360 e. The minimum absolute atomic E-state index is 0.142. The minimum Gasteiger partial charge on any atom is -0.421 e. The first kappa shape index (κ1) is 14.1. The van der Waals surface area contributed by atoms with Crippen LogP contribution in [0.25, 0.3) is 11.0 Å². The predicted molar refractivity (Wildman–Crippen MR) is 86.4 cm³/mol. The van der Waals surface area contributed by atoms with Crippen LogP contribution in [0.4, 0.5) is 5.69 Å². The van der Waals surface area contributed by atoms with Crippen LogP contribution in [0.3, 0.4) is 0 Å². The molecule has 0 fully saturated rings. The molecule has 0 atom stereocenters. The molecule has 1 heterocycles. The molecule has 4 nitrogen and oxygen atoms in total. The Labute approximate surface area is 127 Å². The molecule has 0 radical (unpaired) electrons. The van der Waals surface area contributed by atoms with Crippen molar-refractivity contribution in [2.24, 2.45) is 0 Å². The van der Waals surface area contributed by atoms with Gasteiger partial charge in [-0.3, -0.25) is 4.79 Å². The van der Waals surface area contributed by atoms with Gasteiger partial charge in [0.15, 0.2) is 0 Å². The summed E-state index contributed by atoms with van der Waals surface area (Å²) in [6.45, 7) is 3.90. The Kier molecular flexibility index (Phi) is 3.51. The summed E-state index contributed by atoms with van der Waals surface area (Å²) >= 11 is 0. The van der Waals surface area contributed by atoms with Crippen molar-refractivity contribution in [1.82, 2.24) is 0 Å². The van der Waals surface area contributed by atoms with Gasteiger partial charge in [-0.05, 0) is 44.2 Å². The molecule has 0 saturated heterocycles. The van der Waals surface area contributed by atoms with E-state index in [2.05, 4.69) is 5.32 Å². The number of amides is 1. The lowest BCUT2D eigenvalue weighted by Crippen LogP contribution is -2.17. The Morgan fingerprint density at radius 1 is 0.955 bits per heavy atom. The number of fused-ring (bicyclic) bond motifs is 1. The minimum atomic E-state index is -0.559. The third-order valence-corrected chi connectivity index (χ3v) is 3.45. The van der Waals surface area contributed by atoms with Gasteiger partial charge in [-0.1, -0.05) is 29.3 Å². The predicted octanol–water partition coefficient (Wildman–Crippen LogP) is 3.66. The number of carbonyl (C=O) groups is 1. The van der Waals surface area contributed by atoms with E-state index in [1.807, 2.05) is 38.1 Å². The molecule has 3 rings (SSSR count). The van der Waals surface area contributed by atoms with Gasteiger partial charge in [-0.15, -0.1) is 0 Å². The second kappa shape index (κ2) is 5.48. The third-order valence-electron chi connectivity index (χ3n) is 3.45. The Hall–Kier alpha value is -2.88. The molecular formula is C18H15NO3. The van der Waals surface area contributed by atoms with Crippen LogP contribution in [0, 0.1) is 13.8 Å². The van der Waals surface area contributed by atoms with Crippen molar-refractivity contribution in [2.75, 3.05) is 5.32 Å². The third kappa shape index (κ3) is 2.76. The van der Waals surface area contributed by atoms with Gasteiger partial charge >= 0.3 is 5.63 Å². The molecular weight excluding hydrogens is 278 g/mol. The number of rotatable bonds is 2. The van der Waals surface area contributed by atoms with Crippen LogP contribution in [0.5, 0.6) is 0 Å². The fourth-order valence-corrected chi connectivity index (χ4v) is 2.23. The SMILES string of the molecule is Cc1ccc(C(=O)Nc2cc3cc(C)ccc3oc2=O)cc1. The van der Waals surface area contributed by atoms with Gasteiger partial charge in [-0.25, -0.2) is 4.79 Å². The van der Waals surface area contributed by atoms with Crippen molar-refractivity contribution in [3.05, 3.63) is 75.6 Å². The smallest absolute Gasteiger partial charge is 0.360 e. The molecule has 0 bridgehead atoms. The van der Waals surface area contributed by atoms with E-state index in [4.69, 9.17) is 4.42 Å². The van der Waals surface area contributed by atoms with Crippen molar-refractivity contribution in [3.63, 3.8) is 0 Å². The van der Waals surface area contributed by atoms with Gasteiger partial charge < -0.3 is 9.73 Å². The first-order valence-electron chi connectivity index (χ1n) is 6.95. The van der Waals surface area contributed by atoms with Crippen molar-refractivity contribution < 1.29 is 9.21 Å². The number of hydrogen-bond acceptors (Lipinski definition) is 3. The Bertz CT molecular complexity index is 908.